The molecule has 0 saturated heterocycles. The molecule has 3 aromatic rings. The first-order valence-corrected chi connectivity index (χ1v) is 10.3. The monoisotopic (exact) mass is 420 g/mol. The molecule has 158 valence electrons. The lowest BCUT2D eigenvalue weighted by atomic mass is 9.82. The van der Waals surface area contributed by atoms with Crippen LogP contribution in [0, 0.1) is 5.82 Å². The summed E-state index contributed by atoms with van der Waals surface area (Å²) in [5, 5.41) is 0.768. The third-order valence-electron chi connectivity index (χ3n) is 5.94. The van der Waals surface area contributed by atoms with Gasteiger partial charge < -0.3 is 19.8 Å². The molecule has 0 aliphatic carbocycles. The topological polar surface area (TPSA) is 83.6 Å². The minimum absolute atomic E-state index is 0.0529. The number of benzene rings is 2. The lowest BCUT2D eigenvalue weighted by Gasteiger charge is -2.31. The fourth-order valence-electron chi connectivity index (χ4n) is 4.66. The molecule has 2 aliphatic heterocycles. The summed E-state index contributed by atoms with van der Waals surface area (Å²) in [6.45, 7) is 2.40. The zero-order valence-corrected chi connectivity index (χ0v) is 17.0. The molecule has 6 nitrogen and oxygen atoms in total. The number of fused-ring (bicyclic) bond motifs is 2. The van der Waals surface area contributed by atoms with Crippen molar-refractivity contribution in [3.63, 3.8) is 0 Å². The number of para-hydroxylation sites is 1. The van der Waals surface area contributed by atoms with Crippen molar-refractivity contribution >= 4 is 16.9 Å². The first kappa shape index (κ1) is 19.4. The minimum Gasteiger partial charge on any atom is -0.462 e. The summed E-state index contributed by atoms with van der Waals surface area (Å²) in [5.41, 5.74) is 8.82. The van der Waals surface area contributed by atoms with Crippen LogP contribution in [0.15, 0.2) is 58.7 Å². The Morgan fingerprint density at radius 3 is 2.77 bits per heavy atom. The standard InChI is InChI=1S/C24H21FN2O4/c1-2-30-24(29)19-17(13-8-10-15(25)11-9-13)18-21(31-22(19)26)16-7-3-5-14-6-4-12-27(20(14)16)23(18)28/h3,5,7-11,17H,2,4,6,12,26H2,1H3. The molecule has 1 atom stereocenters. The molecule has 2 aliphatic rings. The van der Waals surface area contributed by atoms with Gasteiger partial charge in [0.25, 0.3) is 5.56 Å². The number of nitrogens with zero attached hydrogens (tertiary/aromatic N) is 1. The highest BCUT2D eigenvalue weighted by Gasteiger charge is 2.39. The van der Waals surface area contributed by atoms with Crippen LogP contribution in [0.5, 0.6) is 5.75 Å². The van der Waals surface area contributed by atoms with Gasteiger partial charge in [0.2, 0.25) is 5.88 Å². The molecule has 31 heavy (non-hydrogen) atoms. The highest BCUT2D eigenvalue weighted by molar-refractivity contribution is 5.96. The number of halogens is 1. The SMILES string of the molecule is CCOC(=O)C1=C(N)Oc2c(c(=O)n3c4c(cccc24)CCC3)C1c1ccc(F)cc1. The number of ether oxygens (including phenoxy) is 2. The second-order valence-electron chi connectivity index (χ2n) is 7.70. The van der Waals surface area contributed by atoms with Crippen molar-refractivity contribution in [2.45, 2.75) is 32.2 Å². The number of rotatable bonds is 3. The Hall–Kier alpha value is -3.61. The van der Waals surface area contributed by atoms with Crippen LogP contribution in [-0.4, -0.2) is 17.1 Å². The Balaban J connectivity index is 1.86. The molecule has 0 radical (unpaired) electrons. The van der Waals surface area contributed by atoms with Gasteiger partial charge in [-0.15, -0.1) is 0 Å². The summed E-state index contributed by atoms with van der Waals surface area (Å²) in [6, 6.07) is 11.5. The van der Waals surface area contributed by atoms with Gasteiger partial charge in [-0.1, -0.05) is 24.3 Å². The molecular weight excluding hydrogens is 399 g/mol. The number of nitrogens with two attached hydrogens (primary N) is 1. The highest BCUT2D eigenvalue weighted by atomic mass is 19.1. The van der Waals surface area contributed by atoms with E-state index in [1.807, 2.05) is 18.2 Å². The second-order valence-corrected chi connectivity index (χ2v) is 7.70. The maximum Gasteiger partial charge on any atom is 0.340 e. The van der Waals surface area contributed by atoms with Crippen molar-refractivity contribution in [1.82, 2.24) is 4.57 Å². The Kier molecular flexibility index (Phi) is 4.54. The first-order chi connectivity index (χ1) is 15.0. The Labute approximate surface area is 177 Å². The van der Waals surface area contributed by atoms with Crippen LogP contribution in [0.1, 0.15) is 36.0 Å². The van der Waals surface area contributed by atoms with Gasteiger partial charge in [-0.05, 0) is 49.1 Å². The van der Waals surface area contributed by atoms with Crippen molar-refractivity contribution in [3.05, 3.63) is 86.8 Å². The van der Waals surface area contributed by atoms with Crippen molar-refractivity contribution < 1.29 is 18.7 Å². The number of aryl methyl sites for hydroxylation is 2. The predicted octanol–water partition coefficient (Wildman–Crippen LogP) is 3.34. The van der Waals surface area contributed by atoms with Crippen LogP contribution in [0.4, 0.5) is 4.39 Å². The number of hydrogen-bond acceptors (Lipinski definition) is 5. The molecule has 0 amide bonds. The van der Waals surface area contributed by atoms with Crippen LogP contribution in [0.25, 0.3) is 10.9 Å². The maximum absolute atomic E-state index is 13.7. The molecule has 3 heterocycles. The highest BCUT2D eigenvalue weighted by Crippen LogP contribution is 2.45. The van der Waals surface area contributed by atoms with Gasteiger partial charge in [0.15, 0.2) is 0 Å². The lowest BCUT2D eigenvalue weighted by molar-refractivity contribution is -0.139. The number of carbonyl (C=O) groups is 1. The first-order valence-electron chi connectivity index (χ1n) is 10.3. The van der Waals surface area contributed by atoms with E-state index in [2.05, 4.69) is 0 Å². The van der Waals surface area contributed by atoms with Crippen molar-refractivity contribution in [2.75, 3.05) is 6.61 Å². The van der Waals surface area contributed by atoms with E-state index in [9.17, 15) is 14.0 Å². The van der Waals surface area contributed by atoms with Crippen molar-refractivity contribution in [3.8, 4) is 5.75 Å². The minimum atomic E-state index is -0.824. The average molecular weight is 420 g/mol. The molecule has 0 fully saturated rings. The Bertz CT molecular complexity index is 1310. The van der Waals surface area contributed by atoms with E-state index in [0.717, 1.165) is 29.3 Å². The van der Waals surface area contributed by atoms with E-state index in [0.29, 0.717) is 23.4 Å². The van der Waals surface area contributed by atoms with E-state index in [-0.39, 0.29) is 23.6 Å². The number of aromatic nitrogens is 1. The third-order valence-corrected chi connectivity index (χ3v) is 5.94. The maximum atomic E-state index is 13.7. The summed E-state index contributed by atoms with van der Waals surface area (Å²) in [5.74, 6) is -1.66. The van der Waals surface area contributed by atoms with Crippen LogP contribution in [-0.2, 0) is 22.5 Å². The predicted molar refractivity (Wildman–Crippen MR) is 113 cm³/mol. The molecule has 0 bridgehead atoms. The van der Waals surface area contributed by atoms with Crippen molar-refractivity contribution in [1.29, 1.82) is 0 Å². The number of carbonyl (C=O) groups excluding carboxylic acids is 1. The van der Waals surface area contributed by atoms with Gasteiger partial charge in [-0.25, -0.2) is 9.18 Å². The van der Waals surface area contributed by atoms with E-state index in [1.54, 1.807) is 23.6 Å². The Morgan fingerprint density at radius 1 is 1.26 bits per heavy atom. The zero-order chi connectivity index (χ0) is 21.7. The van der Waals surface area contributed by atoms with Crippen LogP contribution in [0.3, 0.4) is 0 Å². The summed E-state index contributed by atoms with van der Waals surface area (Å²) < 4.78 is 26.5. The normalized spacial score (nSPS) is 17.3. The molecule has 5 rings (SSSR count). The van der Waals surface area contributed by atoms with E-state index < -0.39 is 17.7 Å². The van der Waals surface area contributed by atoms with Gasteiger partial charge in [-0.2, -0.15) is 0 Å². The summed E-state index contributed by atoms with van der Waals surface area (Å²) in [6.07, 6.45) is 1.71. The van der Waals surface area contributed by atoms with Crippen molar-refractivity contribution in [2.24, 2.45) is 5.73 Å². The van der Waals surface area contributed by atoms with Gasteiger partial charge in [0.1, 0.15) is 17.1 Å². The van der Waals surface area contributed by atoms with Crippen LogP contribution in [0.2, 0.25) is 0 Å². The quantitative estimate of drug-likeness (QED) is 0.657. The fraction of sp³-hybridized carbons (Fsp3) is 0.250. The van der Waals surface area contributed by atoms with Gasteiger partial charge in [0.05, 0.1) is 23.6 Å². The molecule has 7 heteroatoms. The van der Waals surface area contributed by atoms with E-state index in [1.165, 1.54) is 12.1 Å². The molecular formula is C24H21FN2O4. The third kappa shape index (κ3) is 2.91. The summed E-state index contributed by atoms with van der Waals surface area (Å²) >= 11 is 0. The van der Waals surface area contributed by atoms with Gasteiger partial charge >= 0.3 is 5.97 Å². The number of hydrogen-bond donors (Lipinski definition) is 1. The average Bonchev–Trinajstić information content (AvgIpc) is 2.77. The fourth-order valence-corrected chi connectivity index (χ4v) is 4.66. The zero-order valence-electron chi connectivity index (χ0n) is 17.0. The van der Waals surface area contributed by atoms with Gasteiger partial charge in [0, 0.05) is 11.9 Å². The molecule has 1 unspecified atom stereocenters. The lowest BCUT2D eigenvalue weighted by Crippen LogP contribution is -2.35. The second kappa shape index (κ2) is 7.27. The van der Waals surface area contributed by atoms with Crippen LogP contribution < -0.4 is 16.0 Å². The largest absolute Gasteiger partial charge is 0.462 e. The van der Waals surface area contributed by atoms with E-state index in [4.69, 9.17) is 15.2 Å². The molecule has 0 spiro atoms. The summed E-state index contributed by atoms with van der Waals surface area (Å²) in [4.78, 5) is 26.6. The summed E-state index contributed by atoms with van der Waals surface area (Å²) in [7, 11) is 0. The number of pyridine rings is 1. The molecule has 0 saturated carbocycles. The molecule has 2 aromatic carbocycles. The smallest absolute Gasteiger partial charge is 0.340 e. The van der Waals surface area contributed by atoms with Gasteiger partial charge in [-0.3, -0.25) is 4.79 Å². The molecule has 1 aromatic heterocycles. The van der Waals surface area contributed by atoms with Crippen LogP contribution >= 0.6 is 0 Å². The molecule has 2 N–H and O–H groups in total. The van der Waals surface area contributed by atoms with E-state index >= 15 is 0 Å². The Morgan fingerprint density at radius 2 is 2.03 bits per heavy atom. The number of esters is 1.